The Morgan fingerprint density at radius 2 is 2.62 bits per heavy atom. The van der Waals surface area contributed by atoms with Gasteiger partial charge in [0.05, 0.1) is 24.4 Å². The van der Waals surface area contributed by atoms with E-state index in [2.05, 4.69) is 10.4 Å². The van der Waals surface area contributed by atoms with E-state index in [1.807, 2.05) is 0 Å². The van der Waals surface area contributed by atoms with Crippen molar-refractivity contribution in [1.82, 2.24) is 15.1 Å². The van der Waals surface area contributed by atoms with E-state index in [9.17, 15) is 4.79 Å². The number of hydrogen-bond donors (Lipinski definition) is 1. The molecule has 5 nitrogen and oxygen atoms in total. The maximum Gasteiger partial charge on any atom is 0.184 e. The van der Waals surface area contributed by atoms with E-state index >= 15 is 0 Å². The summed E-state index contributed by atoms with van der Waals surface area (Å²) in [4.78, 5) is 12.0. The van der Waals surface area contributed by atoms with Gasteiger partial charge < -0.3 is 10.1 Å². The average Bonchev–Trinajstić information content (AvgIpc) is 2.60. The molecule has 0 radical (unpaired) electrons. The Hall–Kier alpha value is -0.910. The summed E-state index contributed by atoms with van der Waals surface area (Å²) in [7, 11) is 1.71. The van der Waals surface area contributed by atoms with Gasteiger partial charge in [0, 0.05) is 26.1 Å². The Bertz CT molecular complexity index is 366. The van der Waals surface area contributed by atoms with Crippen LogP contribution in [0.5, 0.6) is 0 Å². The Balaban J connectivity index is 2.02. The number of hydrogen-bond acceptors (Lipinski definition) is 4. The number of carbonyl (C=O) groups is 1. The van der Waals surface area contributed by atoms with Crippen molar-refractivity contribution in [3.63, 3.8) is 0 Å². The molecule has 0 amide bonds. The second kappa shape index (κ2) is 4.95. The fraction of sp³-hybridized carbons (Fsp3) is 0.600. The summed E-state index contributed by atoms with van der Waals surface area (Å²) >= 11 is 5.90. The van der Waals surface area contributed by atoms with Gasteiger partial charge in [0.1, 0.15) is 5.69 Å². The van der Waals surface area contributed by atoms with Crippen LogP contribution in [-0.4, -0.2) is 41.4 Å². The summed E-state index contributed by atoms with van der Waals surface area (Å²) in [5.74, 6) is -0.00648. The van der Waals surface area contributed by atoms with Crippen LogP contribution in [0.2, 0.25) is 5.02 Å². The molecule has 88 valence electrons. The third-order valence-electron chi connectivity index (χ3n) is 2.59. The Kier molecular flexibility index (Phi) is 3.58. The zero-order valence-electron chi connectivity index (χ0n) is 9.07. The van der Waals surface area contributed by atoms with E-state index < -0.39 is 0 Å². The lowest BCUT2D eigenvalue weighted by atomic mass is 10.1. The molecule has 0 aromatic carbocycles. The fourth-order valence-corrected chi connectivity index (χ4v) is 2.07. The van der Waals surface area contributed by atoms with Crippen LogP contribution in [0.4, 0.5) is 0 Å². The minimum atomic E-state index is -0.00648. The van der Waals surface area contributed by atoms with E-state index in [-0.39, 0.29) is 11.8 Å². The highest BCUT2D eigenvalue weighted by atomic mass is 35.5. The molecule has 0 saturated carbocycles. The van der Waals surface area contributed by atoms with Crippen molar-refractivity contribution in [3.05, 3.63) is 16.9 Å². The van der Waals surface area contributed by atoms with Gasteiger partial charge in [-0.25, -0.2) is 0 Å². The molecule has 1 aromatic heterocycles. The largest absolute Gasteiger partial charge is 0.378 e. The molecule has 6 heteroatoms. The van der Waals surface area contributed by atoms with Crippen molar-refractivity contribution in [2.75, 3.05) is 19.8 Å². The van der Waals surface area contributed by atoms with Gasteiger partial charge >= 0.3 is 0 Å². The molecule has 1 aromatic rings. The van der Waals surface area contributed by atoms with Gasteiger partial charge in [-0.2, -0.15) is 5.10 Å². The molecule has 0 spiro atoms. The van der Waals surface area contributed by atoms with E-state index in [0.29, 0.717) is 30.4 Å². The van der Waals surface area contributed by atoms with Crippen LogP contribution in [0.15, 0.2) is 6.20 Å². The predicted molar refractivity (Wildman–Crippen MR) is 59.8 cm³/mol. The first-order valence-corrected chi connectivity index (χ1v) is 5.58. The van der Waals surface area contributed by atoms with Crippen LogP contribution in [-0.2, 0) is 11.8 Å². The molecule has 1 aliphatic rings. The fourth-order valence-electron chi connectivity index (χ4n) is 1.80. The SMILES string of the molecule is Cn1ncc(Cl)c1C(=O)CC1COCCN1. The maximum absolute atomic E-state index is 12.0. The number of rotatable bonds is 3. The number of carbonyl (C=O) groups excluding carboxylic acids is 1. The maximum atomic E-state index is 12.0. The number of aryl methyl sites for hydroxylation is 1. The summed E-state index contributed by atoms with van der Waals surface area (Å²) in [5.41, 5.74) is 0.467. The Labute approximate surface area is 98.7 Å². The van der Waals surface area contributed by atoms with Gasteiger partial charge in [0.2, 0.25) is 0 Å². The van der Waals surface area contributed by atoms with Crippen LogP contribution in [0, 0.1) is 0 Å². The molecule has 0 bridgehead atoms. The smallest absolute Gasteiger partial charge is 0.184 e. The van der Waals surface area contributed by atoms with E-state index in [1.54, 1.807) is 7.05 Å². The third-order valence-corrected chi connectivity index (χ3v) is 2.87. The molecule has 2 heterocycles. The third kappa shape index (κ3) is 2.42. The van der Waals surface area contributed by atoms with Gasteiger partial charge in [-0.05, 0) is 0 Å². The first-order chi connectivity index (χ1) is 7.68. The number of morpholine rings is 1. The molecule has 0 aliphatic carbocycles. The molecule has 1 saturated heterocycles. The number of nitrogens with one attached hydrogen (secondary N) is 1. The van der Waals surface area contributed by atoms with Gasteiger partial charge in [-0.1, -0.05) is 11.6 Å². The van der Waals surface area contributed by atoms with Gasteiger partial charge in [0.25, 0.3) is 0 Å². The molecule has 16 heavy (non-hydrogen) atoms. The zero-order valence-corrected chi connectivity index (χ0v) is 9.83. The number of aromatic nitrogens is 2. The normalized spacial score (nSPS) is 21.0. The van der Waals surface area contributed by atoms with Crippen molar-refractivity contribution in [3.8, 4) is 0 Å². The first kappa shape index (κ1) is 11.6. The molecule has 1 unspecified atom stereocenters. The lowest BCUT2D eigenvalue weighted by Gasteiger charge is -2.23. The highest BCUT2D eigenvalue weighted by Crippen LogP contribution is 2.17. The molecule has 2 rings (SSSR count). The number of nitrogens with zero attached hydrogens (tertiary/aromatic N) is 2. The van der Waals surface area contributed by atoms with Gasteiger partial charge in [-0.15, -0.1) is 0 Å². The highest BCUT2D eigenvalue weighted by molar-refractivity contribution is 6.33. The van der Waals surface area contributed by atoms with Crippen molar-refractivity contribution in [1.29, 1.82) is 0 Å². The van der Waals surface area contributed by atoms with Crippen molar-refractivity contribution in [2.24, 2.45) is 7.05 Å². The van der Waals surface area contributed by atoms with Crippen LogP contribution in [0.25, 0.3) is 0 Å². The lowest BCUT2D eigenvalue weighted by molar-refractivity contribution is 0.0672. The van der Waals surface area contributed by atoms with E-state index in [4.69, 9.17) is 16.3 Å². The van der Waals surface area contributed by atoms with Crippen molar-refractivity contribution >= 4 is 17.4 Å². The van der Waals surface area contributed by atoms with Crippen molar-refractivity contribution < 1.29 is 9.53 Å². The van der Waals surface area contributed by atoms with Crippen LogP contribution in [0.1, 0.15) is 16.9 Å². The van der Waals surface area contributed by atoms with Gasteiger partial charge in [0.15, 0.2) is 5.78 Å². The Morgan fingerprint density at radius 1 is 1.81 bits per heavy atom. The van der Waals surface area contributed by atoms with Crippen LogP contribution < -0.4 is 5.32 Å². The minimum absolute atomic E-state index is 0.00648. The summed E-state index contributed by atoms with van der Waals surface area (Å²) in [6, 6.07) is 0.0761. The first-order valence-electron chi connectivity index (χ1n) is 5.20. The number of Topliss-reactive ketones (excluding diaryl/α,β-unsaturated/α-hetero) is 1. The standard InChI is InChI=1S/C10H14ClN3O2/c1-14-10(8(11)5-13-14)9(15)4-7-6-16-3-2-12-7/h5,7,12H,2-4,6H2,1H3. The molecule has 1 N–H and O–H groups in total. The molecule has 1 atom stereocenters. The van der Waals surface area contributed by atoms with Crippen LogP contribution >= 0.6 is 11.6 Å². The van der Waals surface area contributed by atoms with E-state index in [1.165, 1.54) is 10.9 Å². The minimum Gasteiger partial charge on any atom is -0.378 e. The molecular formula is C10H14ClN3O2. The summed E-state index contributed by atoms with van der Waals surface area (Å²) in [6.07, 6.45) is 1.87. The van der Waals surface area contributed by atoms with Crippen molar-refractivity contribution in [2.45, 2.75) is 12.5 Å². The quantitative estimate of drug-likeness (QED) is 0.792. The van der Waals surface area contributed by atoms with Gasteiger partial charge in [-0.3, -0.25) is 9.48 Å². The number of halogens is 1. The highest BCUT2D eigenvalue weighted by Gasteiger charge is 2.21. The monoisotopic (exact) mass is 243 g/mol. The zero-order chi connectivity index (χ0) is 11.5. The molecule has 1 aliphatic heterocycles. The molecular weight excluding hydrogens is 230 g/mol. The summed E-state index contributed by atoms with van der Waals surface area (Å²) in [6.45, 7) is 2.06. The Morgan fingerprint density at radius 3 is 3.19 bits per heavy atom. The number of ether oxygens (including phenoxy) is 1. The van der Waals surface area contributed by atoms with Crippen LogP contribution in [0.3, 0.4) is 0 Å². The summed E-state index contributed by atoms with van der Waals surface area (Å²) in [5, 5.41) is 7.58. The van der Waals surface area contributed by atoms with E-state index in [0.717, 1.165) is 6.54 Å². The summed E-state index contributed by atoms with van der Waals surface area (Å²) < 4.78 is 6.80. The topological polar surface area (TPSA) is 56.2 Å². The molecule has 1 fully saturated rings. The lowest BCUT2D eigenvalue weighted by Crippen LogP contribution is -2.42. The average molecular weight is 244 g/mol. The second-order valence-electron chi connectivity index (χ2n) is 3.82. The second-order valence-corrected chi connectivity index (χ2v) is 4.23. The predicted octanol–water partition coefficient (Wildman–Crippen LogP) is 0.635. The number of ketones is 1.